The van der Waals surface area contributed by atoms with Gasteiger partial charge in [0.2, 0.25) is 10.0 Å². The molecule has 0 aliphatic rings. The van der Waals surface area contributed by atoms with Crippen LogP contribution in [-0.4, -0.2) is 26.6 Å². The molecule has 138 valence electrons. The molecule has 0 spiro atoms. The molecular formula is C17H17ClN2O5S. The summed E-state index contributed by atoms with van der Waals surface area (Å²) in [6.07, 6.45) is 0.503. The van der Waals surface area contributed by atoms with Gasteiger partial charge in [-0.15, -0.1) is 0 Å². The summed E-state index contributed by atoms with van der Waals surface area (Å²) in [6.45, 7) is 0.196. The van der Waals surface area contributed by atoms with Crippen LogP contribution in [-0.2, 0) is 23.5 Å². The number of halogens is 1. The molecule has 1 aromatic heterocycles. The fourth-order valence-electron chi connectivity index (χ4n) is 2.53. The van der Waals surface area contributed by atoms with Crippen molar-refractivity contribution < 1.29 is 17.6 Å². The predicted octanol–water partition coefficient (Wildman–Crippen LogP) is 2.31. The first-order valence-corrected chi connectivity index (χ1v) is 9.59. The molecule has 0 atom stereocenters. The Balaban J connectivity index is 1.78. The molecule has 3 rings (SSSR count). The standard InChI is InChI=1S/C17H17ClN2O5S/c1-20-14-9-13(18)16(10-15(14)25-17(20)21)26(22,23)19-8-7-11-3-5-12(24-2)6-4-11/h3-6,9-10,19H,7-8H2,1-2H3. The first-order chi connectivity index (χ1) is 12.3. The fraction of sp³-hybridized carbons (Fsp3) is 0.235. The van der Waals surface area contributed by atoms with Gasteiger partial charge in [-0.05, 0) is 30.2 Å². The lowest BCUT2D eigenvalue weighted by atomic mass is 10.1. The van der Waals surface area contributed by atoms with Crippen LogP contribution in [0.25, 0.3) is 11.1 Å². The molecule has 26 heavy (non-hydrogen) atoms. The smallest absolute Gasteiger partial charge is 0.419 e. The topological polar surface area (TPSA) is 90.5 Å². The van der Waals surface area contributed by atoms with E-state index in [1.54, 1.807) is 7.11 Å². The Labute approximate surface area is 155 Å². The lowest BCUT2D eigenvalue weighted by molar-refractivity contribution is 0.414. The Morgan fingerprint density at radius 3 is 2.58 bits per heavy atom. The number of aryl methyl sites for hydroxylation is 1. The number of rotatable bonds is 6. The van der Waals surface area contributed by atoms with Gasteiger partial charge in [0.25, 0.3) is 0 Å². The first-order valence-electron chi connectivity index (χ1n) is 7.73. The van der Waals surface area contributed by atoms with Crippen molar-refractivity contribution in [1.82, 2.24) is 9.29 Å². The molecule has 0 radical (unpaired) electrons. The minimum absolute atomic E-state index is 0.0193. The second kappa shape index (κ2) is 7.14. The van der Waals surface area contributed by atoms with Crippen molar-refractivity contribution in [2.24, 2.45) is 7.05 Å². The lowest BCUT2D eigenvalue weighted by Crippen LogP contribution is -2.26. The molecule has 3 aromatic rings. The number of fused-ring (bicyclic) bond motifs is 1. The highest BCUT2D eigenvalue weighted by atomic mass is 35.5. The minimum Gasteiger partial charge on any atom is -0.497 e. The van der Waals surface area contributed by atoms with Crippen molar-refractivity contribution in [1.29, 1.82) is 0 Å². The van der Waals surface area contributed by atoms with E-state index in [1.807, 2.05) is 24.3 Å². The monoisotopic (exact) mass is 396 g/mol. The van der Waals surface area contributed by atoms with Crippen LogP contribution < -0.4 is 15.2 Å². The van der Waals surface area contributed by atoms with E-state index < -0.39 is 15.8 Å². The summed E-state index contributed by atoms with van der Waals surface area (Å²) in [4.78, 5) is 11.4. The Hall–Kier alpha value is -2.29. The number of nitrogens with zero attached hydrogens (tertiary/aromatic N) is 1. The second-order valence-electron chi connectivity index (χ2n) is 5.67. The van der Waals surface area contributed by atoms with E-state index in [1.165, 1.54) is 23.7 Å². The molecule has 1 N–H and O–H groups in total. The number of hydrogen-bond donors (Lipinski definition) is 1. The van der Waals surface area contributed by atoms with Crippen LogP contribution in [0.2, 0.25) is 5.02 Å². The average Bonchev–Trinajstić information content (AvgIpc) is 2.89. The van der Waals surface area contributed by atoms with Gasteiger partial charge in [0.1, 0.15) is 10.6 Å². The van der Waals surface area contributed by atoms with Gasteiger partial charge in [-0.2, -0.15) is 0 Å². The van der Waals surface area contributed by atoms with Gasteiger partial charge >= 0.3 is 5.76 Å². The maximum atomic E-state index is 12.5. The number of benzene rings is 2. The molecule has 2 aromatic carbocycles. The van der Waals surface area contributed by atoms with Crippen LogP contribution in [0.5, 0.6) is 5.75 Å². The lowest BCUT2D eigenvalue weighted by Gasteiger charge is -2.09. The highest BCUT2D eigenvalue weighted by Gasteiger charge is 2.20. The van der Waals surface area contributed by atoms with E-state index >= 15 is 0 Å². The molecule has 0 bridgehead atoms. The number of sulfonamides is 1. The average molecular weight is 397 g/mol. The van der Waals surface area contributed by atoms with Crippen LogP contribution in [0.4, 0.5) is 0 Å². The van der Waals surface area contributed by atoms with E-state index in [4.69, 9.17) is 20.8 Å². The van der Waals surface area contributed by atoms with E-state index in [0.29, 0.717) is 11.9 Å². The Kier molecular flexibility index (Phi) is 5.08. The third-order valence-electron chi connectivity index (χ3n) is 4.00. The predicted molar refractivity (Wildman–Crippen MR) is 98.4 cm³/mol. The highest BCUT2D eigenvalue weighted by Crippen LogP contribution is 2.27. The quantitative estimate of drug-likeness (QED) is 0.690. The number of oxazole rings is 1. The van der Waals surface area contributed by atoms with E-state index in [2.05, 4.69) is 4.72 Å². The zero-order valence-electron chi connectivity index (χ0n) is 14.2. The van der Waals surface area contributed by atoms with Gasteiger partial charge in [-0.3, -0.25) is 4.57 Å². The third-order valence-corrected chi connectivity index (χ3v) is 5.93. The molecule has 0 unspecified atom stereocenters. The number of methoxy groups -OCH3 is 1. The first kappa shape index (κ1) is 18.5. The third kappa shape index (κ3) is 3.62. The van der Waals surface area contributed by atoms with Crippen molar-refractivity contribution in [3.05, 3.63) is 57.5 Å². The summed E-state index contributed by atoms with van der Waals surface area (Å²) >= 11 is 6.11. The summed E-state index contributed by atoms with van der Waals surface area (Å²) in [6, 6.07) is 10.0. The van der Waals surface area contributed by atoms with E-state index in [-0.39, 0.29) is 22.0 Å². The highest BCUT2D eigenvalue weighted by molar-refractivity contribution is 7.89. The van der Waals surface area contributed by atoms with Crippen LogP contribution in [0.3, 0.4) is 0 Å². The fourth-order valence-corrected chi connectivity index (χ4v) is 4.10. The Bertz CT molecular complexity index is 1100. The molecular weight excluding hydrogens is 380 g/mol. The zero-order valence-corrected chi connectivity index (χ0v) is 15.7. The van der Waals surface area contributed by atoms with Crippen molar-refractivity contribution >= 4 is 32.7 Å². The molecule has 9 heteroatoms. The molecule has 0 saturated carbocycles. The summed E-state index contributed by atoms with van der Waals surface area (Å²) in [5.74, 6) is 0.150. The van der Waals surface area contributed by atoms with Gasteiger partial charge in [0.05, 0.1) is 17.6 Å². The summed E-state index contributed by atoms with van der Waals surface area (Å²) in [5.41, 5.74) is 1.55. The minimum atomic E-state index is -3.85. The van der Waals surface area contributed by atoms with Gasteiger partial charge in [0, 0.05) is 19.7 Å². The van der Waals surface area contributed by atoms with Gasteiger partial charge in [-0.25, -0.2) is 17.9 Å². The molecule has 0 amide bonds. The summed E-state index contributed by atoms with van der Waals surface area (Å²) < 4.78 is 39.0. The maximum Gasteiger partial charge on any atom is 0.419 e. The molecule has 0 aliphatic heterocycles. The molecule has 0 saturated heterocycles. The van der Waals surface area contributed by atoms with E-state index in [9.17, 15) is 13.2 Å². The summed E-state index contributed by atoms with van der Waals surface area (Å²) in [7, 11) is -0.745. The second-order valence-corrected chi connectivity index (χ2v) is 7.82. The number of hydrogen-bond acceptors (Lipinski definition) is 5. The van der Waals surface area contributed by atoms with Crippen LogP contribution in [0, 0.1) is 0 Å². The SMILES string of the molecule is COc1ccc(CCNS(=O)(=O)c2cc3oc(=O)n(C)c3cc2Cl)cc1. The normalized spacial score (nSPS) is 11.8. The zero-order chi connectivity index (χ0) is 18.9. The molecule has 7 nitrogen and oxygen atoms in total. The number of ether oxygens (including phenoxy) is 1. The van der Waals surface area contributed by atoms with E-state index in [0.717, 1.165) is 11.3 Å². The molecule has 0 aliphatic carbocycles. The van der Waals surface area contributed by atoms with Crippen molar-refractivity contribution in [2.75, 3.05) is 13.7 Å². The number of nitrogens with one attached hydrogen (secondary N) is 1. The van der Waals surface area contributed by atoms with Crippen LogP contribution >= 0.6 is 11.6 Å². The van der Waals surface area contributed by atoms with Crippen LogP contribution in [0.15, 0.2) is 50.5 Å². The van der Waals surface area contributed by atoms with Gasteiger partial charge in [0.15, 0.2) is 5.58 Å². The molecule has 1 heterocycles. The van der Waals surface area contributed by atoms with Gasteiger partial charge < -0.3 is 9.15 Å². The maximum absolute atomic E-state index is 12.5. The van der Waals surface area contributed by atoms with Crippen LogP contribution in [0.1, 0.15) is 5.56 Å². The Morgan fingerprint density at radius 2 is 1.92 bits per heavy atom. The molecule has 0 fully saturated rings. The Morgan fingerprint density at radius 1 is 1.23 bits per heavy atom. The van der Waals surface area contributed by atoms with Crippen molar-refractivity contribution in [2.45, 2.75) is 11.3 Å². The summed E-state index contributed by atoms with van der Waals surface area (Å²) in [5, 5.41) is 0.0193. The van der Waals surface area contributed by atoms with Gasteiger partial charge in [-0.1, -0.05) is 23.7 Å². The van der Waals surface area contributed by atoms with Crippen molar-refractivity contribution in [3.8, 4) is 5.75 Å². The largest absolute Gasteiger partial charge is 0.497 e. The number of aromatic nitrogens is 1. The van der Waals surface area contributed by atoms with Crippen molar-refractivity contribution in [3.63, 3.8) is 0 Å².